The average molecular weight is 268 g/mol. The van der Waals surface area contributed by atoms with Crippen LogP contribution in [0.4, 0.5) is 10.5 Å². The largest absolute Gasteiger partial charge is 0.478 e. The predicted molar refractivity (Wildman–Crippen MR) is 64.5 cm³/mol. The van der Waals surface area contributed by atoms with E-state index < -0.39 is 23.5 Å². The lowest BCUT2D eigenvalue weighted by Gasteiger charge is -2.19. The number of hydrogen-bond acceptors (Lipinski definition) is 5. The van der Waals surface area contributed by atoms with E-state index in [0.29, 0.717) is 5.01 Å². The van der Waals surface area contributed by atoms with E-state index in [1.807, 2.05) is 0 Å². The van der Waals surface area contributed by atoms with Gasteiger partial charge in [0, 0.05) is 0 Å². The van der Waals surface area contributed by atoms with Crippen molar-refractivity contribution in [1.29, 1.82) is 0 Å². The van der Waals surface area contributed by atoms with E-state index in [9.17, 15) is 14.4 Å². The molecule has 9 heteroatoms. The third kappa shape index (κ3) is 2.78. The quantitative estimate of drug-likeness (QED) is 0.284. The number of carboxylic acids is 2. The topological polar surface area (TPSA) is 159 Å². The molecule has 0 saturated heterocycles. The molecule has 0 heterocycles. The van der Waals surface area contributed by atoms with Crippen LogP contribution in [0.15, 0.2) is 12.1 Å². The summed E-state index contributed by atoms with van der Waals surface area (Å²) in [5, 5.41) is 18.4. The Morgan fingerprint density at radius 3 is 2.11 bits per heavy atom. The molecule has 7 N–H and O–H groups in total. The number of amides is 2. The highest BCUT2D eigenvalue weighted by molar-refractivity contribution is 6.03. The molecular weight excluding hydrogens is 256 g/mol. The summed E-state index contributed by atoms with van der Waals surface area (Å²) in [5.41, 5.74) is 1.21. The number of carboxylic acid groups (broad SMARTS) is 2. The number of aromatic carboxylic acids is 2. The first kappa shape index (κ1) is 14.4. The monoisotopic (exact) mass is 268 g/mol. The van der Waals surface area contributed by atoms with Gasteiger partial charge in [-0.15, -0.1) is 0 Å². The van der Waals surface area contributed by atoms with Gasteiger partial charge in [0.2, 0.25) is 0 Å². The normalized spacial score (nSPS) is 9.84. The number of rotatable bonds is 3. The Morgan fingerprint density at radius 1 is 1.16 bits per heavy atom. The third-order valence-corrected chi connectivity index (χ3v) is 2.41. The summed E-state index contributed by atoms with van der Waals surface area (Å²) >= 11 is 0. The van der Waals surface area contributed by atoms with Crippen LogP contribution < -0.4 is 22.1 Å². The number of aryl methyl sites for hydroxylation is 1. The van der Waals surface area contributed by atoms with Gasteiger partial charge in [0.05, 0.1) is 16.8 Å². The molecule has 1 aromatic carbocycles. The van der Waals surface area contributed by atoms with Crippen molar-refractivity contribution in [2.75, 3.05) is 5.01 Å². The Labute approximate surface area is 107 Å². The van der Waals surface area contributed by atoms with Crippen molar-refractivity contribution >= 4 is 23.7 Å². The Balaban J connectivity index is 3.47. The van der Waals surface area contributed by atoms with E-state index in [2.05, 4.69) is 0 Å². The minimum Gasteiger partial charge on any atom is -0.478 e. The Hall–Kier alpha value is -2.65. The van der Waals surface area contributed by atoms with Gasteiger partial charge >= 0.3 is 18.0 Å². The number of carbonyl (C=O) groups excluding carboxylic acids is 1. The van der Waals surface area contributed by atoms with E-state index >= 15 is 0 Å². The summed E-state index contributed by atoms with van der Waals surface area (Å²) in [6.07, 6.45) is 0. The second kappa shape index (κ2) is 5.33. The van der Waals surface area contributed by atoms with Crippen molar-refractivity contribution in [2.24, 2.45) is 11.7 Å². The van der Waals surface area contributed by atoms with Gasteiger partial charge in [0.15, 0.2) is 0 Å². The SMILES string of the molecule is Cc1cc(N(N)C(=O)NN)c(C(=O)O)cc1C(=O)O. The van der Waals surface area contributed by atoms with Crippen LogP contribution in [0, 0.1) is 6.92 Å². The highest BCUT2D eigenvalue weighted by Crippen LogP contribution is 2.24. The summed E-state index contributed by atoms with van der Waals surface area (Å²) in [6.45, 7) is 1.45. The Morgan fingerprint density at radius 2 is 1.68 bits per heavy atom. The van der Waals surface area contributed by atoms with Crippen molar-refractivity contribution in [3.8, 4) is 0 Å². The standard InChI is InChI=1S/C10H12N4O5/c1-4-2-7(14(12)10(19)13-11)6(9(17)18)3-5(4)8(15)16/h2-3H,11-12H2,1H3,(H,13,19)(H,15,16)(H,17,18). The van der Waals surface area contributed by atoms with E-state index in [0.717, 1.165) is 6.07 Å². The fourth-order valence-electron chi connectivity index (χ4n) is 1.47. The lowest BCUT2D eigenvalue weighted by Crippen LogP contribution is -2.48. The summed E-state index contributed by atoms with van der Waals surface area (Å²) in [7, 11) is 0. The van der Waals surface area contributed by atoms with E-state index in [1.165, 1.54) is 13.0 Å². The molecule has 2 amide bonds. The zero-order chi connectivity index (χ0) is 14.7. The molecular formula is C10H12N4O5. The molecule has 0 aliphatic heterocycles. The summed E-state index contributed by atoms with van der Waals surface area (Å²) in [4.78, 5) is 33.3. The van der Waals surface area contributed by atoms with Gasteiger partial charge in [-0.25, -0.2) is 31.1 Å². The van der Waals surface area contributed by atoms with E-state index in [1.54, 1.807) is 5.43 Å². The third-order valence-electron chi connectivity index (χ3n) is 2.41. The first-order chi connectivity index (χ1) is 8.79. The maximum Gasteiger partial charge on any atom is 0.350 e. The van der Waals surface area contributed by atoms with Gasteiger partial charge in [-0.1, -0.05) is 0 Å². The first-order valence-corrected chi connectivity index (χ1v) is 4.96. The molecule has 102 valence electrons. The minimum atomic E-state index is -1.42. The summed E-state index contributed by atoms with van der Waals surface area (Å²) < 4.78 is 0. The number of nitrogens with two attached hydrogens (primary N) is 2. The fraction of sp³-hybridized carbons (Fsp3) is 0.100. The number of nitrogens with one attached hydrogen (secondary N) is 1. The molecule has 0 atom stereocenters. The molecule has 0 aromatic heterocycles. The van der Waals surface area contributed by atoms with Crippen LogP contribution in [0.5, 0.6) is 0 Å². The van der Waals surface area contributed by atoms with Gasteiger partial charge in [0.1, 0.15) is 0 Å². The Kier molecular flexibility index (Phi) is 4.04. The molecule has 0 aliphatic rings. The predicted octanol–water partition coefficient (Wildman–Crippen LogP) is -0.345. The zero-order valence-corrected chi connectivity index (χ0v) is 9.88. The van der Waals surface area contributed by atoms with Crippen LogP contribution in [0.2, 0.25) is 0 Å². The number of benzene rings is 1. The number of anilines is 1. The molecule has 0 unspecified atom stereocenters. The van der Waals surface area contributed by atoms with Crippen molar-refractivity contribution in [3.63, 3.8) is 0 Å². The number of urea groups is 1. The van der Waals surface area contributed by atoms with Crippen molar-refractivity contribution in [1.82, 2.24) is 5.43 Å². The molecule has 9 nitrogen and oxygen atoms in total. The highest BCUT2D eigenvalue weighted by atomic mass is 16.4. The molecule has 0 aliphatic carbocycles. The van der Waals surface area contributed by atoms with Crippen LogP contribution >= 0.6 is 0 Å². The summed E-state index contributed by atoms with van der Waals surface area (Å²) in [5.74, 6) is 7.61. The molecule has 0 radical (unpaired) electrons. The molecule has 0 saturated carbocycles. The second-order valence-corrected chi connectivity index (χ2v) is 3.61. The molecule has 0 spiro atoms. The fourth-order valence-corrected chi connectivity index (χ4v) is 1.47. The lowest BCUT2D eigenvalue weighted by molar-refractivity contribution is 0.0695. The first-order valence-electron chi connectivity index (χ1n) is 4.96. The van der Waals surface area contributed by atoms with Crippen molar-refractivity contribution in [3.05, 3.63) is 28.8 Å². The molecule has 19 heavy (non-hydrogen) atoms. The van der Waals surface area contributed by atoms with Gasteiger partial charge in [-0.05, 0) is 24.6 Å². The van der Waals surface area contributed by atoms with Crippen LogP contribution in [0.1, 0.15) is 26.3 Å². The zero-order valence-electron chi connectivity index (χ0n) is 9.88. The van der Waals surface area contributed by atoms with Gasteiger partial charge in [-0.2, -0.15) is 0 Å². The molecule has 1 rings (SSSR count). The maximum absolute atomic E-state index is 11.3. The van der Waals surface area contributed by atoms with Crippen LogP contribution in [-0.4, -0.2) is 28.2 Å². The summed E-state index contributed by atoms with van der Waals surface area (Å²) in [6, 6.07) is 1.17. The Bertz CT molecular complexity index is 557. The van der Waals surface area contributed by atoms with E-state index in [-0.39, 0.29) is 16.8 Å². The number of carbonyl (C=O) groups is 3. The van der Waals surface area contributed by atoms with Crippen LogP contribution in [-0.2, 0) is 0 Å². The van der Waals surface area contributed by atoms with Gasteiger partial charge < -0.3 is 10.2 Å². The highest BCUT2D eigenvalue weighted by Gasteiger charge is 2.22. The number of nitrogens with zero attached hydrogens (tertiary/aromatic N) is 1. The van der Waals surface area contributed by atoms with Crippen LogP contribution in [0.25, 0.3) is 0 Å². The van der Waals surface area contributed by atoms with Crippen molar-refractivity contribution < 1.29 is 24.6 Å². The number of hydrogen-bond donors (Lipinski definition) is 5. The second-order valence-electron chi connectivity index (χ2n) is 3.61. The van der Waals surface area contributed by atoms with Gasteiger partial charge in [-0.3, -0.25) is 5.43 Å². The smallest absolute Gasteiger partial charge is 0.350 e. The molecule has 0 bridgehead atoms. The number of hydrazine groups is 2. The maximum atomic E-state index is 11.3. The van der Waals surface area contributed by atoms with E-state index in [4.69, 9.17) is 21.9 Å². The lowest BCUT2D eigenvalue weighted by atomic mass is 10.0. The average Bonchev–Trinajstić information content (AvgIpc) is 2.35. The molecule has 1 aromatic rings. The van der Waals surface area contributed by atoms with Gasteiger partial charge in [0.25, 0.3) is 0 Å². The van der Waals surface area contributed by atoms with Crippen molar-refractivity contribution in [2.45, 2.75) is 6.92 Å². The molecule has 0 fully saturated rings. The van der Waals surface area contributed by atoms with Crippen LogP contribution in [0.3, 0.4) is 0 Å². The minimum absolute atomic E-state index is 0.169.